The summed E-state index contributed by atoms with van der Waals surface area (Å²) < 4.78 is 1.61. The van der Waals surface area contributed by atoms with Crippen molar-refractivity contribution in [2.75, 3.05) is 12.3 Å². The monoisotopic (exact) mass is 350 g/mol. The van der Waals surface area contributed by atoms with E-state index in [1.807, 2.05) is 26.8 Å². The van der Waals surface area contributed by atoms with Gasteiger partial charge in [-0.1, -0.05) is 11.8 Å². The fourth-order valence-corrected chi connectivity index (χ4v) is 4.10. The highest BCUT2D eigenvalue weighted by atomic mass is 32.2. The van der Waals surface area contributed by atoms with Crippen molar-refractivity contribution < 1.29 is 4.79 Å². The standard InChI is InChI=1S/C15H18N4O2S2/c1-4-19-14(21)12-9(2)10(3)23-13(12)18-15(19)22-8-11(20)17-7-5-6-16/h4-5,7-8H2,1-3H3,(H,17,20). The van der Waals surface area contributed by atoms with Crippen LogP contribution in [0.15, 0.2) is 9.95 Å². The number of nitriles is 1. The van der Waals surface area contributed by atoms with Crippen LogP contribution in [0.3, 0.4) is 0 Å². The molecule has 0 atom stereocenters. The van der Waals surface area contributed by atoms with E-state index in [-0.39, 0.29) is 23.6 Å². The summed E-state index contributed by atoms with van der Waals surface area (Å²) in [5.41, 5.74) is 0.933. The molecule has 23 heavy (non-hydrogen) atoms. The lowest BCUT2D eigenvalue weighted by molar-refractivity contribution is -0.118. The topological polar surface area (TPSA) is 87.8 Å². The number of thioether (sulfide) groups is 1. The second-order valence-electron chi connectivity index (χ2n) is 4.95. The summed E-state index contributed by atoms with van der Waals surface area (Å²) >= 11 is 2.75. The van der Waals surface area contributed by atoms with Gasteiger partial charge in [-0.2, -0.15) is 5.26 Å². The third kappa shape index (κ3) is 3.74. The Labute approximate surface area is 142 Å². The molecule has 0 aromatic carbocycles. The van der Waals surface area contributed by atoms with E-state index in [0.29, 0.717) is 23.6 Å². The van der Waals surface area contributed by atoms with Crippen LogP contribution in [0.25, 0.3) is 10.2 Å². The van der Waals surface area contributed by atoms with E-state index in [9.17, 15) is 9.59 Å². The van der Waals surface area contributed by atoms with Gasteiger partial charge in [0, 0.05) is 18.0 Å². The van der Waals surface area contributed by atoms with Crippen molar-refractivity contribution in [3.8, 4) is 6.07 Å². The van der Waals surface area contributed by atoms with Gasteiger partial charge in [0.1, 0.15) is 4.83 Å². The van der Waals surface area contributed by atoms with Gasteiger partial charge in [-0.15, -0.1) is 11.3 Å². The molecule has 0 aliphatic rings. The van der Waals surface area contributed by atoms with Crippen molar-refractivity contribution in [1.82, 2.24) is 14.9 Å². The second-order valence-corrected chi connectivity index (χ2v) is 7.10. The average Bonchev–Trinajstić information content (AvgIpc) is 2.80. The van der Waals surface area contributed by atoms with E-state index >= 15 is 0 Å². The molecule has 1 N–H and O–H groups in total. The van der Waals surface area contributed by atoms with Crippen LogP contribution in [0.5, 0.6) is 0 Å². The highest BCUT2D eigenvalue weighted by Crippen LogP contribution is 2.28. The first-order chi connectivity index (χ1) is 11.0. The number of rotatable bonds is 6. The maximum atomic E-state index is 12.6. The van der Waals surface area contributed by atoms with Gasteiger partial charge in [0.2, 0.25) is 5.91 Å². The van der Waals surface area contributed by atoms with Crippen LogP contribution in [0, 0.1) is 25.2 Å². The highest BCUT2D eigenvalue weighted by molar-refractivity contribution is 7.99. The van der Waals surface area contributed by atoms with Crippen molar-refractivity contribution in [3.05, 3.63) is 20.8 Å². The predicted octanol–water partition coefficient (Wildman–Crippen LogP) is 2.22. The van der Waals surface area contributed by atoms with Gasteiger partial charge < -0.3 is 5.32 Å². The first-order valence-electron chi connectivity index (χ1n) is 7.26. The van der Waals surface area contributed by atoms with Gasteiger partial charge >= 0.3 is 0 Å². The van der Waals surface area contributed by atoms with E-state index in [1.165, 1.54) is 23.1 Å². The molecule has 0 saturated heterocycles. The van der Waals surface area contributed by atoms with Crippen molar-refractivity contribution in [2.45, 2.75) is 38.9 Å². The summed E-state index contributed by atoms with van der Waals surface area (Å²) in [5, 5.41) is 12.4. The van der Waals surface area contributed by atoms with Crippen LogP contribution in [-0.2, 0) is 11.3 Å². The molecular weight excluding hydrogens is 332 g/mol. The van der Waals surface area contributed by atoms with Crippen LogP contribution < -0.4 is 10.9 Å². The molecule has 2 aromatic heterocycles. The number of amides is 1. The van der Waals surface area contributed by atoms with Crippen LogP contribution in [0.1, 0.15) is 23.8 Å². The predicted molar refractivity (Wildman–Crippen MR) is 93.0 cm³/mol. The van der Waals surface area contributed by atoms with Gasteiger partial charge in [-0.3, -0.25) is 14.2 Å². The molecule has 2 rings (SSSR count). The number of carbonyl (C=O) groups is 1. The minimum atomic E-state index is -0.166. The summed E-state index contributed by atoms with van der Waals surface area (Å²) in [4.78, 5) is 30.8. The number of hydrogen-bond donors (Lipinski definition) is 1. The number of fused-ring (bicyclic) bond motifs is 1. The molecule has 0 fully saturated rings. The number of thiophene rings is 1. The number of aromatic nitrogens is 2. The molecule has 2 heterocycles. The lowest BCUT2D eigenvalue weighted by Crippen LogP contribution is -2.27. The zero-order chi connectivity index (χ0) is 17.0. The normalized spacial score (nSPS) is 10.7. The fraction of sp³-hybridized carbons (Fsp3) is 0.467. The van der Waals surface area contributed by atoms with Crippen molar-refractivity contribution in [1.29, 1.82) is 5.26 Å². The highest BCUT2D eigenvalue weighted by Gasteiger charge is 2.16. The van der Waals surface area contributed by atoms with E-state index in [1.54, 1.807) is 4.57 Å². The van der Waals surface area contributed by atoms with E-state index in [4.69, 9.17) is 5.26 Å². The van der Waals surface area contributed by atoms with E-state index in [2.05, 4.69) is 10.3 Å². The third-order valence-corrected chi connectivity index (χ3v) is 5.54. The summed E-state index contributed by atoms with van der Waals surface area (Å²) in [6.07, 6.45) is 0.286. The Morgan fingerprint density at radius 2 is 2.22 bits per heavy atom. The Morgan fingerprint density at radius 3 is 2.87 bits per heavy atom. The zero-order valence-electron chi connectivity index (χ0n) is 13.3. The summed E-state index contributed by atoms with van der Waals surface area (Å²) in [6.45, 7) is 6.65. The van der Waals surface area contributed by atoms with Crippen LogP contribution in [-0.4, -0.2) is 27.8 Å². The number of hydrogen-bond acceptors (Lipinski definition) is 6. The van der Waals surface area contributed by atoms with E-state index in [0.717, 1.165) is 15.3 Å². The minimum Gasteiger partial charge on any atom is -0.354 e. The second kappa shape index (κ2) is 7.62. The van der Waals surface area contributed by atoms with Crippen molar-refractivity contribution in [2.24, 2.45) is 0 Å². The lowest BCUT2D eigenvalue weighted by Gasteiger charge is -2.10. The largest absolute Gasteiger partial charge is 0.354 e. The van der Waals surface area contributed by atoms with Gasteiger partial charge in [0.25, 0.3) is 5.56 Å². The smallest absolute Gasteiger partial charge is 0.263 e. The van der Waals surface area contributed by atoms with Crippen molar-refractivity contribution in [3.63, 3.8) is 0 Å². The summed E-state index contributed by atoms with van der Waals surface area (Å²) in [5.74, 6) is 0.00739. The molecule has 6 nitrogen and oxygen atoms in total. The number of nitrogens with one attached hydrogen (secondary N) is 1. The zero-order valence-corrected chi connectivity index (χ0v) is 14.9. The Bertz CT molecular complexity index is 833. The molecule has 2 aromatic rings. The van der Waals surface area contributed by atoms with Gasteiger partial charge in [-0.25, -0.2) is 4.98 Å². The summed E-state index contributed by atoms with van der Waals surface area (Å²) in [7, 11) is 0. The molecule has 0 bridgehead atoms. The molecule has 1 amide bonds. The maximum absolute atomic E-state index is 12.6. The lowest BCUT2D eigenvalue weighted by atomic mass is 10.2. The van der Waals surface area contributed by atoms with E-state index < -0.39 is 0 Å². The molecular formula is C15H18N4O2S2. The van der Waals surface area contributed by atoms with Gasteiger partial charge in [-0.05, 0) is 26.3 Å². The molecule has 0 aliphatic heterocycles. The van der Waals surface area contributed by atoms with Crippen LogP contribution in [0.2, 0.25) is 0 Å². The Morgan fingerprint density at radius 1 is 1.48 bits per heavy atom. The van der Waals surface area contributed by atoms with Crippen molar-refractivity contribution >= 4 is 39.2 Å². The van der Waals surface area contributed by atoms with Gasteiger partial charge in [0.05, 0.1) is 23.6 Å². The molecule has 0 radical (unpaired) electrons. The first kappa shape index (κ1) is 17.5. The first-order valence-corrected chi connectivity index (χ1v) is 9.06. The average molecular weight is 350 g/mol. The Hall–Kier alpha value is -1.85. The summed E-state index contributed by atoms with van der Waals surface area (Å²) in [6, 6.07) is 1.97. The molecule has 0 saturated carbocycles. The fourth-order valence-electron chi connectivity index (χ4n) is 2.14. The number of aryl methyl sites for hydroxylation is 2. The van der Waals surface area contributed by atoms with Crippen LogP contribution >= 0.6 is 23.1 Å². The molecule has 122 valence electrons. The molecule has 0 unspecified atom stereocenters. The third-order valence-electron chi connectivity index (χ3n) is 3.46. The Kier molecular flexibility index (Phi) is 5.80. The van der Waals surface area contributed by atoms with Crippen LogP contribution in [0.4, 0.5) is 0 Å². The minimum absolute atomic E-state index is 0.0493. The maximum Gasteiger partial charge on any atom is 0.263 e. The molecule has 0 aliphatic carbocycles. The molecule has 0 spiro atoms. The quantitative estimate of drug-likeness (QED) is 0.490. The number of nitrogens with zero attached hydrogens (tertiary/aromatic N) is 3. The Balaban J connectivity index is 2.25. The molecule has 8 heteroatoms. The SMILES string of the molecule is CCn1c(SCC(=O)NCCC#N)nc2sc(C)c(C)c2c1=O. The number of carbonyl (C=O) groups excluding carboxylic acids is 1. The van der Waals surface area contributed by atoms with Gasteiger partial charge in [0.15, 0.2) is 5.16 Å².